The molecule has 24 heavy (non-hydrogen) atoms. The second-order valence-electron chi connectivity index (χ2n) is 5.38. The SMILES string of the molecule is CCN(CC)C(C(=O)NCc1ccc(Cl)cc1)c1ccccc1.Cl. The Morgan fingerprint density at radius 1 is 1.04 bits per heavy atom. The summed E-state index contributed by atoms with van der Waals surface area (Å²) in [6.45, 7) is 6.30. The van der Waals surface area contributed by atoms with Crippen LogP contribution < -0.4 is 5.32 Å². The van der Waals surface area contributed by atoms with Gasteiger partial charge in [-0.2, -0.15) is 0 Å². The van der Waals surface area contributed by atoms with Crippen molar-refractivity contribution in [1.29, 1.82) is 0 Å². The average Bonchev–Trinajstić information content (AvgIpc) is 2.59. The van der Waals surface area contributed by atoms with Gasteiger partial charge in [-0.25, -0.2) is 0 Å². The highest BCUT2D eigenvalue weighted by atomic mass is 35.5. The van der Waals surface area contributed by atoms with Gasteiger partial charge in [0.15, 0.2) is 0 Å². The molecule has 2 rings (SSSR count). The first-order valence-electron chi connectivity index (χ1n) is 7.96. The third-order valence-electron chi connectivity index (χ3n) is 3.92. The van der Waals surface area contributed by atoms with E-state index in [0.29, 0.717) is 11.6 Å². The molecule has 0 bridgehead atoms. The van der Waals surface area contributed by atoms with Crippen LogP contribution in [0.25, 0.3) is 0 Å². The van der Waals surface area contributed by atoms with Crippen LogP contribution in [0, 0.1) is 0 Å². The number of rotatable bonds is 7. The summed E-state index contributed by atoms with van der Waals surface area (Å²) < 4.78 is 0. The minimum Gasteiger partial charge on any atom is -0.350 e. The lowest BCUT2D eigenvalue weighted by molar-refractivity contribution is -0.126. The van der Waals surface area contributed by atoms with Crippen molar-refractivity contribution in [2.75, 3.05) is 13.1 Å². The fourth-order valence-corrected chi connectivity index (χ4v) is 2.77. The van der Waals surface area contributed by atoms with Gasteiger partial charge in [0.2, 0.25) is 5.91 Å². The summed E-state index contributed by atoms with van der Waals surface area (Å²) in [4.78, 5) is 14.9. The van der Waals surface area contributed by atoms with Crippen LogP contribution in [0.1, 0.15) is 31.0 Å². The van der Waals surface area contributed by atoms with Crippen molar-refractivity contribution < 1.29 is 4.79 Å². The zero-order valence-electron chi connectivity index (χ0n) is 14.0. The highest BCUT2D eigenvalue weighted by Gasteiger charge is 2.25. The number of nitrogens with zero attached hydrogens (tertiary/aromatic N) is 1. The number of benzene rings is 2. The van der Waals surface area contributed by atoms with Gasteiger partial charge in [-0.3, -0.25) is 9.69 Å². The van der Waals surface area contributed by atoms with Crippen molar-refractivity contribution in [2.24, 2.45) is 0 Å². The number of amides is 1. The Labute approximate surface area is 155 Å². The van der Waals surface area contributed by atoms with Gasteiger partial charge in [0.25, 0.3) is 0 Å². The van der Waals surface area contributed by atoms with Crippen LogP contribution in [-0.4, -0.2) is 23.9 Å². The molecule has 0 radical (unpaired) electrons. The van der Waals surface area contributed by atoms with Crippen molar-refractivity contribution in [2.45, 2.75) is 26.4 Å². The number of halogens is 2. The Morgan fingerprint density at radius 2 is 1.62 bits per heavy atom. The molecule has 0 saturated carbocycles. The zero-order chi connectivity index (χ0) is 16.7. The molecule has 2 aromatic rings. The van der Waals surface area contributed by atoms with Crippen molar-refractivity contribution in [3.63, 3.8) is 0 Å². The van der Waals surface area contributed by atoms with Gasteiger partial charge >= 0.3 is 0 Å². The van der Waals surface area contributed by atoms with Gasteiger partial charge in [0.1, 0.15) is 6.04 Å². The first-order valence-corrected chi connectivity index (χ1v) is 8.34. The molecule has 0 aliphatic carbocycles. The van der Waals surface area contributed by atoms with E-state index in [1.807, 2.05) is 54.6 Å². The molecule has 2 aromatic carbocycles. The third-order valence-corrected chi connectivity index (χ3v) is 4.17. The lowest BCUT2D eigenvalue weighted by Crippen LogP contribution is -2.40. The summed E-state index contributed by atoms with van der Waals surface area (Å²) in [5.74, 6) is 0.0230. The van der Waals surface area contributed by atoms with Gasteiger partial charge in [-0.15, -0.1) is 12.4 Å². The number of hydrogen-bond donors (Lipinski definition) is 1. The van der Waals surface area contributed by atoms with E-state index in [9.17, 15) is 4.79 Å². The minimum absolute atomic E-state index is 0. The largest absolute Gasteiger partial charge is 0.350 e. The second kappa shape index (κ2) is 10.3. The second-order valence-corrected chi connectivity index (χ2v) is 5.82. The molecule has 0 saturated heterocycles. The van der Waals surface area contributed by atoms with Gasteiger partial charge in [0.05, 0.1) is 0 Å². The fourth-order valence-electron chi connectivity index (χ4n) is 2.64. The normalized spacial score (nSPS) is 11.7. The smallest absolute Gasteiger partial charge is 0.242 e. The van der Waals surface area contributed by atoms with Crippen LogP contribution in [0.15, 0.2) is 54.6 Å². The maximum absolute atomic E-state index is 12.8. The first kappa shape index (κ1) is 20.5. The van der Waals surface area contributed by atoms with Crippen molar-refractivity contribution >= 4 is 29.9 Å². The molecule has 5 heteroatoms. The molecule has 0 aromatic heterocycles. The monoisotopic (exact) mass is 366 g/mol. The van der Waals surface area contributed by atoms with Crippen molar-refractivity contribution in [3.8, 4) is 0 Å². The minimum atomic E-state index is -0.265. The first-order chi connectivity index (χ1) is 11.2. The summed E-state index contributed by atoms with van der Waals surface area (Å²) in [7, 11) is 0. The van der Waals surface area contributed by atoms with E-state index in [-0.39, 0.29) is 24.4 Å². The molecule has 0 spiro atoms. The van der Waals surface area contributed by atoms with E-state index in [2.05, 4.69) is 24.1 Å². The lowest BCUT2D eigenvalue weighted by Gasteiger charge is -2.29. The Bertz CT molecular complexity index is 613. The van der Waals surface area contributed by atoms with Gasteiger partial charge < -0.3 is 5.32 Å². The molecule has 1 amide bonds. The van der Waals surface area contributed by atoms with Crippen LogP contribution >= 0.6 is 24.0 Å². The van der Waals surface area contributed by atoms with E-state index < -0.39 is 0 Å². The maximum Gasteiger partial charge on any atom is 0.242 e. The van der Waals surface area contributed by atoms with E-state index >= 15 is 0 Å². The predicted octanol–water partition coefficient (Wildman–Crippen LogP) is 4.46. The van der Waals surface area contributed by atoms with E-state index in [4.69, 9.17) is 11.6 Å². The highest BCUT2D eigenvalue weighted by molar-refractivity contribution is 6.30. The van der Waals surface area contributed by atoms with Gasteiger partial charge in [0, 0.05) is 11.6 Å². The summed E-state index contributed by atoms with van der Waals surface area (Å²) in [5.41, 5.74) is 2.05. The molecule has 130 valence electrons. The lowest BCUT2D eigenvalue weighted by atomic mass is 10.0. The molecule has 1 N–H and O–H groups in total. The Balaban J connectivity index is 0.00000288. The van der Waals surface area contributed by atoms with Crippen LogP contribution in [0.5, 0.6) is 0 Å². The van der Waals surface area contributed by atoms with E-state index in [1.54, 1.807) is 0 Å². The summed E-state index contributed by atoms with van der Waals surface area (Å²) in [6, 6.07) is 17.2. The number of nitrogens with one attached hydrogen (secondary N) is 1. The van der Waals surface area contributed by atoms with Gasteiger partial charge in [-0.1, -0.05) is 67.9 Å². The number of carbonyl (C=O) groups excluding carboxylic acids is 1. The number of hydrogen-bond acceptors (Lipinski definition) is 2. The standard InChI is InChI=1S/C19H23ClN2O.ClH/c1-3-22(4-2)18(16-8-6-5-7-9-16)19(23)21-14-15-10-12-17(20)13-11-15;/h5-13,18H,3-4,14H2,1-2H3,(H,21,23);1H. The van der Waals surface area contributed by atoms with Crippen LogP contribution in [0.2, 0.25) is 5.02 Å². The van der Waals surface area contributed by atoms with Crippen LogP contribution in [-0.2, 0) is 11.3 Å². The highest BCUT2D eigenvalue weighted by Crippen LogP contribution is 2.21. The molecular formula is C19H24Cl2N2O. The molecule has 0 fully saturated rings. The van der Waals surface area contributed by atoms with E-state index in [1.165, 1.54) is 0 Å². The topological polar surface area (TPSA) is 32.3 Å². The molecule has 0 aliphatic rings. The molecule has 1 unspecified atom stereocenters. The quantitative estimate of drug-likeness (QED) is 0.784. The van der Waals surface area contributed by atoms with Crippen molar-refractivity contribution in [1.82, 2.24) is 10.2 Å². The Hall–Kier alpha value is -1.55. The predicted molar refractivity (Wildman–Crippen MR) is 103 cm³/mol. The van der Waals surface area contributed by atoms with E-state index in [0.717, 1.165) is 24.2 Å². The summed E-state index contributed by atoms with van der Waals surface area (Å²) in [5, 5.41) is 3.74. The summed E-state index contributed by atoms with van der Waals surface area (Å²) >= 11 is 5.89. The van der Waals surface area contributed by atoms with Crippen molar-refractivity contribution in [3.05, 3.63) is 70.7 Å². The fraction of sp³-hybridized carbons (Fsp3) is 0.316. The summed E-state index contributed by atoms with van der Waals surface area (Å²) in [6.07, 6.45) is 0. The molecule has 1 atom stereocenters. The number of likely N-dealkylation sites (N-methyl/N-ethyl adjacent to an activating group) is 1. The third kappa shape index (κ3) is 5.52. The zero-order valence-corrected chi connectivity index (χ0v) is 15.6. The molecule has 3 nitrogen and oxygen atoms in total. The molecular weight excluding hydrogens is 343 g/mol. The van der Waals surface area contributed by atoms with Crippen LogP contribution in [0.4, 0.5) is 0 Å². The number of carbonyl (C=O) groups is 1. The van der Waals surface area contributed by atoms with Gasteiger partial charge in [-0.05, 0) is 36.3 Å². The van der Waals surface area contributed by atoms with Crippen LogP contribution in [0.3, 0.4) is 0 Å². The molecule has 0 aliphatic heterocycles. The average molecular weight is 367 g/mol. The Morgan fingerprint density at radius 3 is 2.17 bits per heavy atom. The maximum atomic E-state index is 12.8. The molecule has 0 heterocycles. The Kier molecular flexibility index (Phi) is 8.83.